The van der Waals surface area contributed by atoms with E-state index >= 15 is 0 Å². The molecule has 0 aliphatic rings. The van der Waals surface area contributed by atoms with Crippen molar-refractivity contribution in [2.24, 2.45) is 0 Å². The van der Waals surface area contributed by atoms with E-state index in [4.69, 9.17) is 16.9 Å². The highest BCUT2D eigenvalue weighted by atomic mass is 79.9. The molecule has 0 amide bonds. The van der Waals surface area contributed by atoms with Crippen LogP contribution in [0.1, 0.15) is 5.56 Å². The number of benzene rings is 1. The summed E-state index contributed by atoms with van der Waals surface area (Å²) in [6.45, 7) is 0. The molecule has 0 saturated heterocycles. The van der Waals surface area contributed by atoms with Gasteiger partial charge >= 0.3 is 0 Å². The van der Waals surface area contributed by atoms with Crippen LogP contribution in [-0.2, 0) is 0 Å². The average Bonchev–Trinajstić information content (AvgIpc) is 2.61. The lowest BCUT2D eigenvalue weighted by atomic mass is 10.3. The molecule has 0 aliphatic carbocycles. The molecule has 0 N–H and O–H groups in total. The number of aromatic nitrogens is 2. The monoisotopic (exact) mass is 281 g/mol. The first-order valence-corrected chi connectivity index (χ1v) is 5.29. The summed E-state index contributed by atoms with van der Waals surface area (Å²) in [6, 6.07) is 9.48. The summed E-state index contributed by atoms with van der Waals surface area (Å²) < 4.78 is 2.50. The van der Waals surface area contributed by atoms with Gasteiger partial charge in [-0.15, -0.1) is 0 Å². The van der Waals surface area contributed by atoms with E-state index in [9.17, 15) is 0 Å². The Balaban J connectivity index is 2.51. The highest BCUT2D eigenvalue weighted by Crippen LogP contribution is 2.20. The quantitative estimate of drug-likeness (QED) is 0.806. The van der Waals surface area contributed by atoms with E-state index in [-0.39, 0.29) is 0 Å². The highest BCUT2D eigenvalue weighted by molar-refractivity contribution is 9.10. The van der Waals surface area contributed by atoms with Gasteiger partial charge in [-0.25, -0.2) is 4.68 Å². The van der Waals surface area contributed by atoms with E-state index in [0.29, 0.717) is 10.7 Å². The minimum absolute atomic E-state index is 0.333. The van der Waals surface area contributed by atoms with Gasteiger partial charge in [-0.3, -0.25) is 0 Å². The zero-order chi connectivity index (χ0) is 10.8. The molecule has 2 rings (SSSR count). The van der Waals surface area contributed by atoms with Gasteiger partial charge in [-0.05, 0) is 24.3 Å². The van der Waals surface area contributed by atoms with Gasteiger partial charge in [0.15, 0.2) is 5.15 Å². The van der Waals surface area contributed by atoms with Gasteiger partial charge in [0.05, 0.1) is 11.9 Å². The average molecular weight is 283 g/mol. The van der Waals surface area contributed by atoms with Crippen LogP contribution in [0.25, 0.3) is 5.69 Å². The largest absolute Gasteiger partial charge is 0.221 e. The van der Waals surface area contributed by atoms with E-state index in [0.717, 1.165) is 10.2 Å². The molecule has 15 heavy (non-hydrogen) atoms. The third-order valence-corrected chi connectivity index (χ3v) is 2.79. The smallest absolute Gasteiger partial charge is 0.150 e. The summed E-state index contributed by atoms with van der Waals surface area (Å²) in [5.41, 5.74) is 1.20. The Morgan fingerprint density at radius 3 is 2.53 bits per heavy atom. The second-order valence-electron chi connectivity index (χ2n) is 2.85. The zero-order valence-corrected chi connectivity index (χ0v) is 9.83. The van der Waals surface area contributed by atoms with Crippen LogP contribution in [-0.4, -0.2) is 9.78 Å². The zero-order valence-electron chi connectivity index (χ0n) is 7.48. The molecule has 0 radical (unpaired) electrons. The first kappa shape index (κ1) is 10.2. The molecule has 74 valence electrons. The van der Waals surface area contributed by atoms with Gasteiger partial charge in [-0.1, -0.05) is 27.5 Å². The molecular weight excluding hydrogens is 277 g/mol. The maximum atomic E-state index is 8.73. The second kappa shape index (κ2) is 4.05. The van der Waals surface area contributed by atoms with E-state index < -0.39 is 0 Å². The maximum Gasteiger partial charge on any atom is 0.150 e. The molecular formula is C10H5BrClN3. The number of halogens is 2. The molecule has 0 saturated carbocycles. The van der Waals surface area contributed by atoms with Crippen LogP contribution in [0.3, 0.4) is 0 Å². The summed E-state index contributed by atoms with van der Waals surface area (Å²) in [5, 5.41) is 13.1. The first-order valence-electron chi connectivity index (χ1n) is 4.12. The minimum atomic E-state index is 0.333. The molecule has 3 nitrogen and oxygen atoms in total. The van der Waals surface area contributed by atoms with Crippen molar-refractivity contribution >= 4 is 27.5 Å². The van der Waals surface area contributed by atoms with Crippen LogP contribution < -0.4 is 0 Å². The Kier molecular flexibility index (Phi) is 2.76. The van der Waals surface area contributed by atoms with Crippen molar-refractivity contribution in [3.8, 4) is 11.8 Å². The molecule has 0 bridgehead atoms. The Labute approximate surface area is 100 Å². The van der Waals surface area contributed by atoms with E-state index in [1.165, 1.54) is 10.9 Å². The van der Waals surface area contributed by atoms with Crippen molar-refractivity contribution in [3.63, 3.8) is 0 Å². The van der Waals surface area contributed by atoms with Crippen molar-refractivity contribution in [2.75, 3.05) is 0 Å². The molecule has 1 aromatic carbocycles. The van der Waals surface area contributed by atoms with E-state index in [1.54, 1.807) is 0 Å². The minimum Gasteiger partial charge on any atom is -0.221 e. The van der Waals surface area contributed by atoms with Crippen LogP contribution in [0, 0.1) is 11.3 Å². The number of hydrogen-bond acceptors (Lipinski definition) is 2. The van der Waals surface area contributed by atoms with Gasteiger partial charge in [0, 0.05) is 4.47 Å². The highest BCUT2D eigenvalue weighted by Gasteiger charge is 2.08. The fraction of sp³-hybridized carbons (Fsp3) is 0. The second-order valence-corrected chi connectivity index (χ2v) is 4.12. The number of nitrogens with zero attached hydrogens (tertiary/aromatic N) is 3. The van der Waals surface area contributed by atoms with Gasteiger partial charge in [-0.2, -0.15) is 10.4 Å². The lowest BCUT2D eigenvalue weighted by Crippen LogP contribution is -1.95. The SMILES string of the molecule is N#Cc1cnn(-c2ccc(Br)cc2)c1Cl. The van der Waals surface area contributed by atoms with Crippen LogP contribution in [0.15, 0.2) is 34.9 Å². The van der Waals surface area contributed by atoms with Crippen molar-refractivity contribution in [1.82, 2.24) is 9.78 Å². The van der Waals surface area contributed by atoms with Crippen molar-refractivity contribution in [2.45, 2.75) is 0 Å². The lowest BCUT2D eigenvalue weighted by Gasteiger charge is -2.02. The summed E-state index contributed by atoms with van der Waals surface area (Å²) >= 11 is 9.31. The molecule has 1 aromatic heterocycles. The van der Waals surface area contributed by atoms with Gasteiger partial charge in [0.25, 0.3) is 0 Å². The van der Waals surface area contributed by atoms with Crippen LogP contribution in [0.5, 0.6) is 0 Å². The Bertz CT molecular complexity index is 525. The van der Waals surface area contributed by atoms with Gasteiger partial charge in [0.1, 0.15) is 11.6 Å². The molecule has 0 aliphatic heterocycles. The molecule has 0 fully saturated rings. The maximum absolute atomic E-state index is 8.73. The standard InChI is InChI=1S/C10H5BrClN3/c11-8-1-3-9(4-2-8)15-10(12)7(5-13)6-14-15/h1-4,6H. The van der Waals surface area contributed by atoms with Crippen molar-refractivity contribution in [3.05, 3.63) is 45.7 Å². The Hall–Kier alpha value is -1.31. The molecule has 2 aromatic rings. The summed E-state index contributed by atoms with van der Waals surface area (Å²) in [7, 11) is 0. The third-order valence-electron chi connectivity index (χ3n) is 1.90. The fourth-order valence-electron chi connectivity index (χ4n) is 1.17. The summed E-state index contributed by atoms with van der Waals surface area (Å²) in [5.74, 6) is 0. The molecule has 0 spiro atoms. The summed E-state index contributed by atoms with van der Waals surface area (Å²) in [6.07, 6.45) is 1.45. The molecule has 5 heteroatoms. The Morgan fingerprint density at radius 1 is 1.33 bits per heavy atom. The predicted molar refractivity (Wildman–Crippen MR) is 61.0 cm³/mol. The van der Waals surface area contributed by atoms with Crippen LogP contribution >= 0.6 is 27.5 Å². The van der Waals surface area contributed by atoms with Crippen LogP contribution in [0.4, 0.5) is 0 Å². The number of nitriles is 1. The van der Waals surface area contributed by atoms with Gasteiger partial charge < -0.3 is 0 Å². The van der Waals surface area contributed by atoms with Crippen LogP contribution in [0.2, 0.25) is 5.15 Å². The normalized spacial score (nSPS) is 9.93. The van der Waals surface area contributed by atoms with Crippen molar-refractivity contribution in [1.29, 1.82) is 5.26 Å². The molecule has 0 atom stereocenters. The number of hydrogen-bond donors (Lipinski definition) is 0. The predicted octanol–water partition coefficient (Wildman–Crippen LogP) is 3.16. The topological polar surface area (TPSA) is 41.6 Å². The first-order chi connectivity index (χ1) is 7.22. The molecule has 0 unspecified atom stereocenters. The lowest BCUT2D eigenvalue weighted by molar-refractivity contribution is 0.881. The Morgan fingerprint density at radius 2 is 2.00 bits per heavy atom. The number of rotatable bonds is 1. The molecule has 1 heterocycles. The van der Waals surface area contributed by atoms with E-state index in [1.807, 2.05) is 30.3 Å². The third kappa shape index (κ3) is 1.89. The fourth-order valence-corrected chi connectivity index (χ4v) is 1.67. The van der Waals surface area contributed by atoms with Gasteiger partial charge in [0.2, 0.25) is 0 Å². The van der Waals surface area contributed by atoms with E-state index in [2.05, 4.69) is 21.0 Å². The van der Waals surface area contributed by atoms with Crippen molar-refractivity contribution < 1.29 is 0 Å². The summed E-state index contributed by atoms with van der Waals surface area (Å²) in [4.78, 5) is 0.